The minimum absolute atomic E-state index is 0.187. The average Bonchev–Trinajstić information content (AvgIpc) is 2.60. The molecule has 2 aromatic carbocycles. The fourth-order valence-corrected chi connectivity index (χ4v) is 4.18. The highest BCUT2D eigenvalue weighted by Gasteiger charge is 2.28. The summed E-state index contributed by atoms with van der Waals surface area (Å²) in [5.74, 6) is 1.26. The van der Waals surface area contributed by atoms with E-state index in [-0.39, 0.29) is 16.8 Å². The van der Waals surface area contributed by atoms with Crippen molar-refractivity contribution in [2.75, 3.05) is 6.61 Å². The van der Waals surface area contributed by atoms with Gasteiger partial charge in [0, 0.05) is 29.5 Å². The van der Waals surface area contributed by atoms with E-state index in [1.165, 1.54) is 11.8 Å². The van der Waals surface area contributed by atoms with Gasteiger partial charge in [0.1, 0.15) is 17.3 Å². The summed E-state index contributed by atoms with van der Waals surface area (Å²) >= 11 is 1.52. The molecular weight excluding hydrogens is 320 g/mol. The summed E-state index contributed by atoms with van der Waals surface area (Å²) in [6.45, 7) is 2.85. The summed E-state index contributed by atoms with van der Waals surface area (Å²) < 4.78 is 5.91. The molecule has 0 heterocycles. The van der Waals surface area contributed by atoms with Crippen LogP contribution in [0.1, 0.15) is 39.0 Å². The minimum atomic E-state index is -0.249. The fraction of sp³-hybridized carbons (Fsp3) is 0.400. The van der Waals surface area contributed by atoms with Gasteiger partial charge in [-0.2, -0.15) is 0 Å². The molecule has 4 heteroatoms. The van der Waals surface area contributed by atoms with Crippen molar-refractivity contribution in [2.24, 2.45) is 0 Å². The van der Waals surface area contributed by atoms with Gasteiger partial charge < -0.3 is 4.74 Å². The normalized spacial score (nSPS) is 18.1. The molecule has 2 aromatic rings. The van der Waals surface area contributed by atoms with Crippen LogP contribution in [0.2, 0.25) is 0 Å². The molecule has 0 amide bonds. The Bertz CT molecular complexity index is 754. The van der Waals surface area contributed by atoms with E-state index in [9.17, 15) is 9.59 Å². The van der Waals surface area contributed by atoms with Crippen LogP contribution >= 0.6 is 11.8 Å². The number of unbranched alkanes of at least 4 members (excludes halogenated alkanes) is 1. The maximum atomic E-state index is 12.1. The van der Waals surface area contributed by atoms with Crippen molar-refractivity contribution in [3.63, 3.8) is 0 Å². The van der Waals surface area contributed by atoms with Crippen molar-refractivity contribution < 1.29 is 14.3 Å². The first kappa shape index (κ1) is 17.0. The van der Waals surface area contributed by atoms with Gasteiger partial charge in [-0.05, 0) is 23.9 Å². The van der Waals surface area contributed by atoms with Crippen molar-refractivity contribution >= 4 is 34.1 Å². The zero-order chi connectivity index (χ0) is 16.9. The summed E-state index contributed by atoms with van der Waals surface area (Å²) in [5.41, 5.74) is 0. The number of rotatable bonds is 6. The molecule has 1 atom stereocenters. The Labute approximate surface area is 146 Å². The summed E-state index contributed by atoms with van der Waals surface area (Å²) in [7, 11) is 0. The van der Waals surface area contributed by atoms with Crippen LogP contribution < -0.4 is 4.74 Å². The maximum Gasteiger partial charge on any atom is 0.147 e. The average molecular weight is 342 g/mol. The predicted octanol–water partition coefficient (Wildman–Crippen LogP) is 4.80. The highest BCUT2D eigenvalue weighted by atomic mass is 32.2. The lowest BCUT2D eigenvalue weighted by Gasteiger charge is -2.20. The smallest absolute Gasteiger partial charge is 0.147 e. The van der Waals surface area contributed by atoms with Gasteiger partial charge in [-0.1, -0.05) is 37.6 Å². The Kier molecular flexibility index (Phi) is 5.56. The molecule has 0 aliphatic heterocycles. The fourth-order valence-electron chi connectivity index (χ4n) is 2.91. The van der Waals surface area contributed by atoms with Crippen LogP contribution in [0.15, 0.2) is 41.3 Å². The second kappa shape index (κ2) is 7.84. The molecule has 1 fully saturated rings. The van der Waals surface area contributed by atoms with Crippen molar-refractivity contribution in [1.29, 1.82) is 0 Å². The first-order valence-corrected chi connectivity index (χ1v) is 9.42. The third-order valence-corrected chi connectivity index (χ3v) is 5.62. The van der Waals surface area contributed by atoms with E-state index in [4.69, 9.17) is 4.74 Å². The number of ketones is 2. The quantitative estimate of drug-likeness (QED) is 0.707. The first-order valence-electron chi connectivity index (χ1n) is 8.54. The van der Waals surface area contributed by atoms with Gasteiger partial charge in [-0.15, -0.1) is 11.8 Å². The summed E-state index contributed by atoms with van der Waals surface area (Å²) in [5, 5.41) is 1.90. The van der Waals surface area contributed by atoms with Crippen molar-refractivity contribution in [3.8, 4) is 5.75 Å². The van der Waals surface area contributed by atoms with Crippen molar-refractivity contribution in [1.82, 2.24) is 0 Å². The lowest BCUT2D eigenvalue weighted by atomic mass is 9.98. The van der Waals surface area contributed by atoms with Gasteiger partial charge in [-0.25, -0.2) is 0 Å². The summed E-state index contributed by atoms with van der Waals surface area (Å²) in [6, 6.07) is 12.1. The molecule has 0 radical (unpaired) electrons. The van der Waals surface area contributed by atoms with Gasteiger partial charge in [-0.3, -0.25) is 9.59 Å². The van der Waals surface area contributed by atoms with Crippen molar-refractivity contribution in [3.05, 3.63) is 36.4 Å². The molecule has 1 aliphatic carbocycles. The minimum Gasteiger partial charge on any atom is -0.493 e. The largest absolute Gasteiger partial charge is 0.493 e. The molecule has 126 valence electrons. The number of benzene rings is 2. The van der Waals surface area contributed by atoms with Gasteiger partial charge in [0.05, 0.1) is 11.9 Å². The third kappa shape index (κ3) is 3.81. The highest BCUT2D eigenvalue weighted by molar-refractivity contribution is 8.00. The van der Waals surface area contributed by atoms with E-state index >= 15 is 0 Å². The van der Waals surface area contributed by atoms with Gasteiger partial charge in [0.25, 0.3) is 0 Å². The Hall–Kier alpha value is -1.81. The standard InChI is InChI=1S/C20H22O3S/c1-2-3-12-23-18-10-11-19(16-7-5-4-6-15(16)18)24-20-13-14(21)8-9-17(20)22/h4-7,10-11,20H,2-3,8-9,12-13H2,1H3. The second-order valence-electron chi connectivity index (χ2n) is 6.13. The number of hydrogen-bond donors (Lipinski definition) is 0. The zero-order valence-electron chi connectivity index (χ0n) is 13.9. The Morgan fingerprint density at radius 1 is 1.08 bits per heavy atom. The van der Waals surface area contributed by atoms with Gasteiger partial charge in [0.2, 0.25) is 0 Å². The van der Waals surface area contributed by atoms with Crippen LogP contribution in [-0.2, 0) is 9.59 Å². The van der Waals surface area contributed by atoms with E-state index in [1.54, 1.807) is 0 Å². The van der Waals surface area contributed by atoms with Crippen LogP contribution in [0.5, 0.6) is 5.75 Å². The second-order valence-corrected chi connectivity index (χ2v) is 7.37. The summed E-state index contributed by atoms with van der Waals surface area (Å²) in [6.07, 6.45) is 3.27. The Balaban J connectivity index is 1.87. The van der Waals surface area contributed by atoms with Crippen molar-refractivity contribution in [2.45, 2.75) is 49.2 Å². The molecule has 3 nitrogen and oxygen atoms in total. The zero-order valence-corrected chi connectivity index (χ0v) is 14.7. The van der Waals surface area contributed by atoms with Crippen LogP contribution in [-0.4, -0.2) is 23.4 Å². The number of thioether (sulfide) groups is 1. The van der Waals surface area contributed by atoms with Crippen LogP contribution in [0, 0.1) is 0 Å². The molecule has 24 heavy (non-hydrogen) atoms. The Morgan fingerprint density at radius 3 is 2.67 bits per heavy atom. The number of Topliss-reactive ketones (excluding diaryl/α,β-unsaturated/α-hetero) is 2. The molecule has 0 spiro atoms. The molecule has 0 aromatic heterocycles. The van der Waals surface area contributed by atoms with E-state index in [0.29, 0.717) is 25.9 Å². The predicted molar refractivity (Wildman–Crippen MR) is 97.9 cm³/mol. The van der Waals surface area contributed by atoms with E-state index in [1.807, 2.05) is 24.3 Å². The molecule has 3 rings (SSSR count). The highest BCUT2D eigenvalue weighted by Crippen LogP contribution is 2.38. The number of fused-ring (bicyclic) bond motifs is 1. The molecule has 1 saturated carbocycles. The topological polar surface area (TPSA) is 43.4 Å². The molecule has 0 saturated heterocycles. The number of ether oxygens (including phenoxy) is 1. The third-order valence-electron chi connectivity index (χ3n) is 4.29. The molecule has 0 N–H and O–H groups in total. The number of hydrogen-bond acceptors (Lipinski definition) is 4. The maximum absolute atomic E-state index is 12.1. The van der Waals surface area contributed by atoms with Gasteiger partial charge in [0.15, 0.2) is 0 Å². The van der Waals surface area contributed by atoms with Gasteiger partial charge >= 0.3 is 0 Å². The lowest BCUT2D eigenvalue weighted by Crippen LogP contribution is -2.27. The number of carbonyl (C=O) groups is 2. The SMILES string of the molecule is CCCCOc1ccc(SC2CC(=O)CCC2=O)c2ccccc12. The van der Waals surface area contributed by atoms with Crippen LogP contribution in [0.4, 0.5) is 0 Å². The van der Waals surface area contributed by atoms with E-state index in [0.717, 1.165) is 34.3 Å². The Morgan fingerprint density at radius 2 is 1.88 bits per heavy atom. The molecule has 0 bridgehead atoms. The molecule has 1 aliphatic rings. The number of carbonyl (C=O) groups excluding carboxylic acids is 2. The van der Waals surface area contributed by atoms with E-state index in [2.05, 4.69) is 19.1 Å². The molecule has 1 unspecified atom stereocenters. The monoisotopic (exact) mass is 342 g/mol. The van der Waals surface area contributed by atoms with Crippen LogP contribution in [0.25, 0.3) is 10.8 Å². The summed E-state index contributed by atoms with van der Waals surface area (Å²) in [4.78, 5) is 24.9. The molecular formula is C20H22O3S. The van der Waals surface area contributed by atoms with E-state index < -0.39 is 0 Å². The van der Waals surface area contributed by atoms with Crippen LogP contribution in [0.3, 0.4) is 0 Å². The lowest BCUT2D eigenvalue weighted by molar-refractivity contribution is -0.128. The first-order chi connectivity index (χ1) is 11.7.